The zero-order valence-electron chi connectivity index (χ0n) is 12.6. The van der Waals surface area contributed by atoms with Gasteiger partial charge in [0.25, 0.3) is 0 Å². The highest BCUT2D eigenvalue weighted by Crippen LogP contribution is 2.41. The third-order valence-corrected chi connectivity index (χ3v) is 3.92. The smallest absolute Gasteiger partial charge is 0.136 e. The van der Waals surface area contributed by atoms with E-state index in [1.807, 2.05) is 45.0 Å². The van der Waals surface area contributed by atoms with Crippen LogP contribution >= 0.6 is 11.6 Å². The molecular formula is C17H19ClN2O. The van der Waals surface area contributed by atoms with Crippen LogP contribution in [0.2, 0.25) is 5.15 Å². The Hall–Kier alpha value is -1.61. The van der Waals surface area contributed by atoms with Gasteiger partial charge in [-0.25, -0.2) is 9.97 Å². The predicted octanol–water partition coefficient (Wildman–Crippen LogP) is 4.77. The first-order chi connectivity index (χ1) is 10.1. The van der Waals surface area contributed by atoms with Gasteiger partial charge in [-0.3, -0.25) is 0 Å². The van der Waals surface area contributed by atoms with Crippen molar-refractivity contribution in [1.29, 1.82) is 0 Å². The van der Waals surface area contributed by atoms with Gasteiger partial charge in [0.2, 0.25) is 0 Å². The third-order valence-electron chi connectivity index (χ3n) is 3.55. The minimum Gasteiger partial charge on any atom is -0.490 e. The van der Waals surface area contributed by atoms with Crippen LogP contribution in [0.15, 0.2) is 24.3 Å². The first-order valence-corrected chi connectivity index (χ1v) is 7.74. The van der Waals surface area contributed by atoms with Crippen LogP contribution in [0.5, 0.6) is 5.75 Å². The second-order valence-corrected chi connectivity index (χ2v) is 6.14. The molecule has 1 aliphatic rings. The topological polar surface area (TPSA) is 35.0 Å². The molecule has 1 saturated carbocycles. The molecule has 1 aliphatic carbocycles. The molecule has 21 heavy (non-hydrogen) atoms. The van der Waals surface area contributed by atoms with Crippen LogP contribution in [0.25, 0.3) is 11.3 Å². The Morgan fingerprint density at radius 3 is 2.57 bits per heavy atom. The third kappa shape index (κ3) is 3.03. The summed E-state index contributed by atoms with van der Waals surface area (Å²) in [6, 6.07) is 7.97. The lowest BCUT2D eigenvalue weighted by molar-refractivity contribution is 0.243. The summed E-state index contributed by atoms with van der Waals surface area (Å²) in [6.07, 6.45) is 2.43. The van der Waals surface area contributed by atoms with Crippen molar-refractivity contribution < 1.29 is 4.74 Å². The molecule has 2 aromatic rings. The zero-order chi connectivity index (χ0) is 15.0. The predicted molar refractivity (Wildman–Crippen MR) is 85.0 cm³/mol. The van der Waals surface area contributed by atoms with Crippen LogP contribution in [0.4, 0.5) is 0 Å². The molecule has 1 fully saturated rings. The number of aromatic nitrogens is 2. The van der Waals surface area contributed by atoms with E-state index in [1.165, 1.54) is 0 Å². The molecule has 4 heteroatoms. The Kier molecular flexibility index (Phi) is 3.85. The van der Waals surface area contributed by atoms with E-state index in [9.17, 15) is 0 Å². The Morgan fingerprint density at radius 2 is 1.90 bits per heavy atom. The van der Waals surface area contributed by atoms with Crippen molar-refractivity contribution in [3.63, 3.8) is 0 Å². The lowest BCUT2D eigenvalue weighted by Crippen LogP contribution is -2.07. The van der Waals surface area contributed by atoms with E-state index in [1.54, 1.807) is 0 Å². The van der Waals surface area contributed by atoms with Gasteiger partial charge in [-0.2, -0.15) is 0 Å². The van der Waals surface area contributed by atoms with Crippen molar-refractivity contribution in [2.45, 2.75) is 45.6 Å². The quantitative estimate of drug-likeness (QED) is 0.763. The number of hydrogen-bond donors (Lipinski definition) is 0. The van der Waals surface area contributed by atoms with Gasteiger partial charge in [-0.1, -0.05) is 23.7 Å². The van der Waals surface area contributed by atoms with E-state index < -0.39 is 0 Å². The molecule has 1 heterocycles. The standard InChI is InChI=1S/C17H19ClN2O/c1-10(2)21-14-7-5-4-6-13(14)15-11(3)16(18)20-17(19-15)12-8-9-12/h4-7,10,12H,8-9H2,1-3H3. The van der Waals surface area contributed by atoms with Crippen LogP contribution in [0.3, 0.4) is 0 Å². The van der Waals surface area contributed by atoms with Gasteiger partial charge >= 0.3 is 0 Å². The summed E-state index contributed by atoms with van der Waals surface area (Å²) < 4.78 is 5.91. The van der Waals surface area contributed by atoms with Crippen LogP contribution < -0.4 is 4.74 Å². The zero-order valence-corrected chi connectivity index (χ0v) is 13.3. The van der Waals surface area contributed by atoms with Crippen molar-refractivity contribution in [3.05, 3.63) is 40.8 Å². The van der Waals surface area contributed by atoms with E-state index in [-0.39, 0.29) is 6.10 Å². The maximum absolute atomic E-state index is 6.31. The number of para-hydroxylation sites is 1. The lowest BCUT2D eigenvalue weighted by atomic mass is 10.1. The van der Waals surface area contributed by atoms with Gasteiger partial charge in [-0.15, -0.1) is 0 Å². The summed E-state index contributed by atoms with van der Waals surface area (Å²) in [5.41, 5.74) is 2.77. The highest BCUT2D eigenvalue weighted by Gasteiger charge is 2.28. The second-order valence-electron chi connectivity index (χ2n) is 5.78. The normalized spacial score (nSPS) is 14.5. The molecule has 0 spiro atoms. The fraction of sp³-hybridized carbons (Fsp3) is 0.412. The van der Waals surface area contributed by atoms with Gasteiger partial charge < -0.3 is 4.74 Å². The number of rotatable bonds is 4. The molecule has 110 valence electrons. The highest BCUT2D eigenvalue weighted by molar-refractivity contribution is 6.30. The molecule has 0 bridgehead atoms. The molecule has 3 rings (SSSR count). The number of benzene rings is 1. The molecule has 0 N–H and O–H groups in total. The molecule has 0 radical (unpaired) electrons. The molecule has 0 unspecified atom stereocenters. The monoisotopic (exact) mass is 302 g/mol. The maximum Gasteiger partial charge on any atom is 0.136 e. The van der Waals surface area contributed by atoms with Gasteiger partial charge in [-0.05, 0) is 45.7 Å². The number of nitrogens with zero attached hydrogens (tertiary/aromatic N) is 2. The number of ether oxygens (including phenoxy) is 1. The SMILES string of the molecule is Cc1c(Cl)nc(C2CC2)nc1-c1ccccc1OC(C)C. The van der Waals surface area contributed by atoms with Gasteiger partial charge in [0.05, 0.1) is 11.8 Å². The molecule has 1 aromatic carbocycles. The summed E-state index contributed by atoms with van der Waals surface area (Å²) in [5, 5.41) is 0.543. The van der Waals surface area contributed by atoms with Crippen LogP contribution in [-0.2, 0) is 0 Å². The van der Waals surface area contributed by atoms with Crippen LogP contribution in [-0.4, -0.2) is 16.1 Å². The van der Waals surface area contributed by atoms with Crippen molar-refractivity contribution in [3.8, 4) is 17.0 Å². The largest absolute Gasteiger partial charge is 0.490 e. The lowest BCUT2D eigenvalue weighted by Gasteiger charge is -2.16. The fourth-order valence-corrected chi connectivity index (χ4v) is 2.49. The average molecular weight is 303 g/mol. The second kappa shape index (κ2) is 5.64. The van der Waals surface area contributed by atoms with E-state index in [0.29, 0.717) is 11.1 Å². The van der Waals surface area contributed by atoms with Crippen LogP contribution in [0.1, 0.15) is 44.0 Å². The molecule has 0 saturated heterocycles. The highest BCUT2D eigenvalue weighted by atomic mass is 35.5. The first kappa shape index (κ1) is 14.3. The minimum atomic E-state index is 0.117. The fourth-order valence-electron chi connectivity index (χ4n) is 2.31. The summed E-state index contributed by atoms with van der Waals surface area (Å²) in [5.74, 6) is 2.17. The summed E-state index contributed by atoms with van der Waals surface area (Å²) in [4.78, 5) is 9.18. The molecule has 1 aromatic heterocycles. The Bertz CT molecular complexity index is 666. The van der Waals surface area contributed by atoms with Crippen molar-refractivity contribution in [1.82, 2.24) is 9.97 Å². The Balaban J connectivity index is 2.11. The maximum atomic E-state index is 6.31. The van der Waals surface area contributed by atoms with Gasteiger partial charge in [0.15, 0.2) is 0 Å². The first-order valence-electron chi connectivity index (χ1n) is 7.36. The number of halogens is 1. The summed E-state index contributed by atoms with van der Waals surface area (Å²) >= 11 is 6.31. The van der Waals surface area contributed by atoms with Gasteiger partial charge in [0, 0.05) is 17.0 Å². The molecule has 0 atom stereocenters. The van der Waals surface area contributed by atoms with E-state index in [0.717, 1.165) is 41.2 Å². The molecule has 0 aliphatic heterocycles. The van der Waals surface area contributed by atoms with Crippen molar-refractivity contribution >= 4 is 11.6 Å². The Morgan fingerprint density at radius 1 is 1.19 bits per heavy atom. The summed E-state index contributed by atoms with van der Waals surface area (Å²) in [7, 11) is 0. The van der Waals surface area contributed by atoms with E-state index in [4.69, 9.17) is 21.3 Å². The van der Waals surface area contributed by atoms with Crippen molar-refractivity contribution in [2.75, 3.05) is 0 Å². The number of hydrogen-bond acceptors (Lipinski definition) is 3. The molecule has 3 nitrogen and oxygen atoms in total. The van der Waals surface area contributed by atoms with E-state index in [2.05, 4.69) is 4.98 Å². The molecular weight excluding hydrogens is 284 g/mol. The van der Waals surface area contributed by atoms with E-state index >= 15 is 0 Å². The molecule has 0 amide bonds. The van der Waals surface area contributed by atoms with Crippen LogP contribution in [0, 0.1) is 6.92 Å². The van der Waals surface area contributed by atoms with Gasteiger partial charge in [0.1, 0.15) is 16.7 Å². The Labute approximate surface area is 130 Å². The van der Waals surface area contributed by atoms with Crippen molar-refractivity contribution in [2.24, 2.45) is 0 Å². The summed E-state index contributed by atoms with van der Waals surface area (Å²) in [6.45, 7) is 6.00. The minimum absolute atomic E-state index is 0.117. The average Bonchev–Trinajstić information content (AvgIpc) is 3.26.